The predicted octanol–water partition coefficient (Wildman–Crippen LogP) is 3.09. The highest BCUT2D eigenvalue weighted by Crippen LogP contribution is 2.36. The minimum absolute atomic E-state index is 0.0108. The lowest BCUT2D eigenvalue weighted by molar-refractivity contribution is 0.398. The van der Waals surface area contributed by atoms with Crippen molar-refractivity contribution in [1.29, 1.82) is 0 Å². The Hall–Kier alpha value is -1.62. The third-order valence-corrected chi connectivity index (χ3v) is 3.82. The number of pyridine rings is 1. The maximum atomic E-state index is 6.04. The third kappa shape index (κ3) is 2.46. The molecule has 96 valence electrons. The third-order valence-electron chi connectivity index (χ3n) is 2.51. The van der Waals surface area contributed by atoms with Gasteiger partial charge in [-0.2, -0.15) is 0 Å². The van der Waals surface area contributed by atoms with Crippen molar-refractivity contribution in [2.75, 3.05) is 12.8 Å². The zero-order chi connectivity index (χ0) is 13.3. The lowest BCUT2D eigenvalue weighted by atomic mass is 9.98. The number of thiazole rings is 1. The molecule has 0 fully saturated rings. The highest BCUT2D eigenvalue weighted by molar-refractivity contribution is 7.16. The number of ether oxygens (including phenoxy) is 1. The van der Waals surface area contributed by atoms with E-state index in [4.69, 9.17) is 10.5 Å². The Labute approximate surface area is 111 Å². The normalized spacial score (nSPS) is 11.6. The van der Waals surface area contributed by atoms with E-state index in [1.54, 1.807) is 13.3 Å². The minimum Gasteiger partial charge on any atom is -0.481 e. The summed E-state index contributed by atoms with van der Waals surface area (Å²) in [5.74, 6) is 0.587. The summed E-state index contributed by atoms with van der Waals surface area (Å²) in [5.41, 5.74) is 7.77. The van der Waals surface area contributed by atoms with Crippen LogP contribution in [0.15, 0.2) is 18.3 Å². The molecule has 2 N–H and O–H groups in total. The van der Waals surface area contributed by atoms with E-state index in [1.165, 1.54) is 11.3 Å². The summed E-state index contributed by atoms with van der Waals surface area (Å²) in [5, 5.41) is 1.76. The van der Waals surface area contributed by atoms with E-state index >= 15 is 0 Å². The van der Waals surface area contributed by atoms with Crippen LogP contribution in [-0.4, -0.2) is 17.1 Å². The number of anilines is 1. The van der Waals surface area contributed by atoms with Crippen LogP contribution in [0, 0.1) is 0 Å². The molecule has 2 aromatic rings. The fraction of sp³-hybridized carbons (Fsp3) is 0.385. The molecule has 2 aromatic heterocycles. The van der Waals surface area contributed by atoms with Crippen LogP contribution < -0.4 is 10.5 Å². The molecule has 0 aliphatic rings. The van der Waals surface area contributed by atoms with E-state index in [1.807, 2.05) is 12.1 Å². The quantitative estimate of drug-likeness (QED) is 0.904. The monoisotopic (exact) mass is 263 g/mol. The number of nitrogens with two attached hydrogens (primary N) is 1. The molecule has 0 atom stereocenters. The molecule has 0 aliphatic heterocycles. The maximum absolute atomic E-state index is 6.04. The van der Waals surface area contributed by atoms with E-state index in [-0.39, 0.29) is 5.41 Å². The molecule has 0 radical (unpaired) electrons. The molecule has 2 rings (SSSR count). The Balaban J connectivity index is 2.41. The van der Waals surface area contributed by atoms with Crippen molar-refractivity contribution in [3.05, 3.63) is 23.3 Å². The molecule has 0 unspecified atom stereocenters. The number of nitrogen functional groups attached to an aromatic ring is 1. The SMILES string of the molecule is COc1ccc(-c2nc(C(C)(C)C)sc2N)cn1. The molecule has 0 aliphatic carbocycles. The van der Waals surface area contributed by atoms with Gasteiger partial charge in [-0.05, 0) is 6.07 Å². The fourth-order valence-corrected chi connectivity index (χ4v) is 2.41. The van der Waals surface area contributed by atoms with Gasteiger partial charge in [-0.25, -0.2) is 9.97 Å². The predicted molar refractivity (Wildman–Crippen MR) is 75.0 cm³/mol. The first-order chi connectivity index (χ1) is 8.41. The number of rotatable bonds is 2. The Morgan fingerprint density at radius 2 is 2.00 bits per heavy atom. The Kier molecular flexibility index (Phi) is 3.26. The van der Waals surface area contributed by atoms with Gasteiger partial charge >= 0.3 is 0 Å². The van der Waals surface area contributed by atoms with Crippen LogP contribution in [0.1, 0.15) is 25.8 Å². The Bertz CT molecular complexity index is 540. The molecule has 0 spiro atoms. The van der Waals surface area contributed by atoms with Crippen molar-refractivity contribution >= 4 is 16.3 Å². The summed E-state index contributed by atoms with van der Waals surface area (Å²) in [4.78, 5) is 8.79. The molecule has 18 heavy (non-hydrogen) atoms. The van der Waals surface area contributed by atoms with Gasteiger partial charge in [-0.3, -0.25) is 0 Å². The van der Waals surface area contributed by atoms with Gasteiger partial charge in [0, 0.05) is 23.2 Å². The lowest BCUT2D eigenvalue weighted by Gasteiger charge is -2.13. The molecular weight excluding hydrogens is 246 g/mol. The molecular formula is C13H17N3OS. The van der Waals surface area contributed by atoms with E-state index < -0.39 is 0 Å². The summed E-state index contributed by atoms with van der Waals surface area (Å²) >= 11 is 1.53. The van der Waals surface area contributed by atoms with Crippen LogP contribution in [-0.2, 0) is 5.41 Å². The van der Waals surface area contributed by atoms with Crippen molar-refractivity contribution in [3.8, 4) is 17.1 Å². The second-order valence-corrected chi connectivity index (χ2v) is 6.10. The minimum atomic E-state index is 0.0108. The van der Waals surface area contributed by atoms with Gasteiger partial charge < -0.3 is 10.5 Å². The average molecular weight is 263 g/mol. The van der Waals surface area contributed by atoms with E-state index in [9.17, 15) is 0 Å². The Morgan fingerprint density at radius 1 is 1.28 bits per heavy atom. The van der Waals surface area contributed by atoms with Gasteiger partial charge in [0.1, 0.15) is 15.7 Å². The van der Waals surface area contributed by atoms with Gasteiger partial charge in [0.25, 0.3) is 0 Å². The first-order valence-corrected chi connectivity index (χ1v) is 6.50. The van der Waals surface area contributed by atoms with E-state index in [0.717, 1.165) is 21.3 Å². The van der Waals surface area contributed by atoms with Crippen molar-refractivity contribution in [1.82, 2.24) is 9.97 Å². The van der Waals surface area contributed by atoms with E-state index in [2.05, 4.69) is 30.7 Å². The van der Waals surface area contributed by atoms with Gasteiger partial charge in [0.15, 0.2) is 0 Å². The zero-order valence-electron chi connectivity index (χ0n) is 11.0. The number of nitrogens with zero attached hydrogens (tertiary/aromatic N) is 2. The van der Waals surface area contributed by atoms with Crippen LogP contribution >= 0.6 is 11.3 Å². The zero-order valence-corrected chi connectivity index (χ0v) is 11.8. The molecule has 0 aromatic carbocycles. The highest BCUT2D eigenvalue weighted by Gasteiger charge is 2.21. The van der Waals surface area contributed by atoms with Crippen LogP contribution in [0.2, 0.25) is 0 Å². The second kappa shape index (κ2) is 4.57. The summed E-state index contributed by atoms with van der Waals surface area (Å²) < 4.78 is 5.03. The largest absolute Gasteiger partial charge is 0.481 e. The van der Waals surface area contributed by atoms with Crippen molar-refractivity contribution in [2.24, 2.45) is 0 Å². The van der Waals surface area contributed by atoms with Gasteiger partial charge in [-0.15, -0.1) is 11.3 Å². The summed E-state index contributed by atoms with van der Waals surface area (Å²) in [6, 6.07) is 3.73. The van der Waals surface area contributed by atoms with Crippen molar-refractivity contribution < 1.29 is 4.74 Å². The fourth-order valence-electron chi connectivity index (χ4n) is 1.50. The molecule has 0 amide bonds. The van der Waals surface area contributed by atoms with Crippen LogP contribution in [0.3, 0.4) is 0 Å². The number of aromatic nitrogens is 2. The number of hydrogen-bond donors (Lipinski definition) is 1. The highest BCUT2D eigenvalue weighted by atomic mass is 32.1. The smallest absolute Gasteiger partial charge is 0.212 e. The van der Waals surface area contributed by atoms with Crippen LogP contribution in [0.5, 0.6) is 5.88 Å². The van der Waals surface area contributed by atoms with Gasteiger partial charge in [0.05, 0.1) is 7.11 Å². The van der Waals surface area contributed by atoms with Gasteiger partial charge in [0.2, 0.25) is 5.88 Å². The van der Waals surface area contributed by atoms with Crippen molar-refractivity contribution in [3.63, 3.8) is 0 Å². The molecule has 0 saturated carbocycles. The molecule has 0 bridgehead atoms. The number of methoxy groups -OCH3 is 1. The van der Waals surface area contributed by atoms with Crippen LogP contribution in [0.4, 0.5) is 5.00 Å². The molecule has 4 nitrogen and oxygen atoms in total. The summed E-state index contributed by atoms with van der Waals surface area (Å²) in [6.07, 6.45) is 1.73. The summed E-state index contributed by atoms with van der Waals surface area (Å²) in [6.45, 7) is 6.38. The van der Waals surface area contributed by atoms with Gasteiger partial charge in [-0.1, -0.05) is 20.8 Å². The standard InChI is InChI=1S/C13H17N3OS/c1-13(2,3)12-16-10(11(14)18-12)8-5-6-9(17-4)15-7-8/h5-7H,14H2,1-4H3. The Morgan fingerprint density at radius 3 is 2.44 bits per heavy atom. The molecule has 5 heteroatoms. The number of hydrogen-bond acceptors (Lipinski definition) is 5. The second-order valence-electron chi connectivity index (χ2n) is 5.07. The lowest BCUT2D eigenvalue weighted by Crippen LogP contribution is -2.10. The maximum Gasteiger partial charge on any atom is 0.212 e. The van der Waals surface area contributed by atoms with Crippen molar-refractivity contribution in [2.45, 2.75) is 26.2 Å². The topological polar surface area (TPSA) is 61.0 Å². The average Bonchev–Trinajstić information content (AvgIpc) is 2.71. The molecule has 2 heterocycles. The first kappa shape index (κ1) is 12.8. The summed E-state index contributed by atoms with van der Waals surface area (Å²) in [7, 11) is 1.59. The van der Waals surface area contributed by atoms with E-state index in [0.29, 0.717) is 5.88 Å². The first-order valence-electron chi connectivity index (χ1n) is 5.69. The van der Waals surface area contributed by atoms with Crippen LogP contribution in [0.25, 0.3) is 11.3 Å². The molecule has 0 saturated heterocycles.